The predicted molar refractivity (Wildman–Crippen MR) is 76.4 cm³/mol. The third-order valence-corrected chi connectivity index (χ3v) is 3.14. The average molecular weight is 289 g/mol. The highest BCUT2D eigenvalue weighted by atomic mass is 16.6. The molecule has 2 aromatic rings. The number of hydrogen-bond donors (Lipinski definition) is 1. The average Bonchev–Trinajstić information content (AvgIpc) is 2.77. The highest BCUT2D eigenvalue weighted by molar-refractivity contribution is 5.72. The topological polar surface area (TPSA) is 100 Å². The van der Waals surface area contributed by atoms with Crippen LogP contribution in [-0.4, -0.2) is 15.5 Å². The molecule has 21 heavy (non-hydrogen) atoms. The van der Waals surface area contributed by atoms with Crippen molar-refractivity contribution in [3.8, 4) is 0 Å². The van der Waals surface area contributed by atoms with E-state index >= 15 is 0 Å². The molecule has 0 saturated carbocycles. The lowest BCUT2D eigenvalue weighted by Gasteiger charge is -2.06. The van der Waals surface area contributed by atoms with Gasteiger partial charge >= 0.3 is 5.97 Å². The summed E-state index contributed by atoms with van der Waals surface area (Å²) in [5.41, 5.74) is 7.14. The van der Waals surface area contributed by atoms with Crippen LogP contribution in [0.1, 0.15) is 11.3 Å². The number of aromatic nitrogens is 1. The van der Waals surface area contributed by atoms with Gasteiger partial charge in [0.1, 0.15) is 12.4 Å². The maximum atomic E-state index is 11.7. The Kier molecular flexibility index (Phi) is 4.22. The molecule has 0 saturated heterocycles. The van der Waals surface area contributed by atoms with E-state index in [1.807, 2.05) is 0 Å². The second-order valence-electron chi connectivity index (χ2n) is 4.57. The number of nitro benzene ring substituents is 1. The normalized spacial score (nSPS) is 10.3. The van der Waals surface area contributed by atoms with Gasteiger partial charge in [-0.1, -0.05) is 0 Å². The van der Waals surface area contributed by atoms with Gasteiger partial charge in [-0.2, -0.15) is 0 Å². The molecule has 0 bridgehead atoms. The molecule has 7 nitrogen and oxygen atoms in total. The number of hydrogen-bond acceptors (Lipinski definition) is 5. The fourth-order valence-corrected chi connectivity index (χ4v) is 1.83. The van der Waals surface area contributed by atoms with Crippen LogP contribution < -0.4 is 5.73 Å². The van der Waals surface area contributed by atoms with E-state index in [1.54, 1.807) is 35.9 Å². The molecule has 1 aromatic carbocycles. The summed E-state index contributed by atoms with van der Waals surface area (Å²) in [7, 11) is 1.77. The monoisotopic (exact) mass is 289 g/mol. The number of carbonyl (C=O) groups is 1. The molecule has 0 spiro atoms. The Morgan fingerprint density at radius 3 is 2.48 bits per heavy atom. The lowest BCUT2D eigenvalue weighted by atomic mass is 10.2. The minimum Gasteiger partial charge on any atom is -0.461 e. The van der Waals surface area contributed by atoms with Crippen molar-refractivity contribution in [2.45, 2.75) is 13.0 Å². The molecular weight excluding hydrogens is 274 g/mol. The Balaban J connectivity index is 1.89. The number of non-ortho nitro benzene ring substituents is 1. The number of nitrogens with zero attached hydrogens (tertiary/aromatic N) is 2. The van der Waals surface area contributed by atoms with E-state index < -0.39 is 4.92 Å². The van der Waals surface area contributed by atoms with Crippen molar-refractivity contribution in [1.29, 1.82) is 0 Å². The number of carbonyl (C=O) groups excluding carboxylic acids is 1. The maximum absolute atomic E-state index is 11.7. The van der Waals surface area contributed by atoms with Crippen LogP contribution in [0.25, 0.3) is 0 Å². The molecule has 1 heterocycles. The van der Waals surface area contributed by atoms with E-state index in [1.165, 1.54) is 12.1 Å². The van der Waals surface area contributed by atoms with Crippen molar-refractivity contribution >= 4 is 17.5 Å². The predicted octanol–water partition coefficient (Wildman–Crippen LogP) is 1.80. The highest BCUT2D eigenvalue weighted by Gasteiger charge is 2.10. The first-order chi connectivity index (χ1) is 9.97. The van der Waals surface area contributed by atoms with E-state index in [2.05, 4.69) is 0 Å². The summed E-state index contributed by atoms with van der Waals surface area (Å²) in [5, 5.41) is 10.5. The molecule has 0 aliphatic carbocycles. The van der Waals surface area contributed by atoms with Crippen LogP contribution in [-0.2, 0) is 29.6 Å². The van der Waals surface area contributed by atoms with Gasteiger partial charge in [0, 0.05) is 24.9 Å². The van der Waals surface area contributed by atoms with Crippen molar-refractivity contribution in [3.05, 3.63) is 57.8 Å². The molecule has 1 aromatic heterocycles. The Morgan fingerprint density at radius 1 is 1.29 bits per heavy atom. The first-order valence-electron chi connectivity index (χ1n) is 6.26. The van der Waals surface area contributed by atoms with Gasteiger partial charge < -0.3 is 15.0 Å². The van der Waals surface area contributed by atoms with E-state index in [-0.39, 0.29) is 24.7 Å². The van der Waals surface area contributed by atoms with Crippen LogP contribution in [0.5, 0.6) is 0 Å². The zero-order valence-electron chi connectivity index (χ0n) is 11.5. The number of benzene rings is 1. The van der Waals surface area contributed by atoms with E-state index in [9.17, 15) is 14.9 Å². The summed E-state index contributed by atoms with van der Waals surface area (Å²) in [6.07, 6.45) is 0.126. The highest BCUT2D eigenvalue weighted by Crippen LogP contribution is 2.13. The van der Waals surface area contributed by atoms with Gasteiger partial charge in [0.2, 0.25) is 0 Å². The van der Waals surface area contributed by atoms with Gasteiger partial charge in [-0.05, 0) is 29.8 Å². The van der Waals surface area contributed by atoms with Crippen molar-refractivity contribution in [1.82, 2.24) is 4.57 Å². The van der Waals surface area contributed by atoms with Crippen LogP contribution in [0.4, 0.5) is 11.5 Å². The number of ether oxygens (including phenoxy) is 1. The molecule has 0 aliphatic heterocycles. The standard InChI is InChI=1S/C14H15N3O4/c1-16-12(6-7-13(16)15)8-14(18)21-9-10-2-4-11(5-3-10)17(19)20/h2-7H,8-9,15H2,1H3. The zero-order chi connectivity index (χ0) is 15.4. The van der Waals surface area contributed by atoms with E-state index in [0.29, 0.717) is 11.4 Å². The smallest absolute Gasteiger partial charge is 0.312 e. The number of nitrogens with two attached hydrogens (primary N) is 1. The van der Waals surface area contributed by atoms with Crippen LogP contribution >= 0.6 is 0 Å². The fourth-order valence-electron chi connectivity index (χ4n) is 1.83. The molecule has 0 aliphatic rings. The number of rotatable bonds is 5. The van der Waals surface area contributed by atoms with Gasteiger partial charge in [-0.3, -0.25) is 14.9 Å². The van der Waals surface area contributed by atoms with Crippen molar-refractivity contribution in [2.75, 3.05) is 5.73 Å². The lowest BCUT2D eigenvalue weighted by molar-refractivity contribution is -0.384. The van der Waals surface area contributed by atoms with Crippen LogP contribution in [0.3, 0.4) is 0 Å². The first kappa shape index (κ1) is 14.6. The Labute approximate surface area is 121 Å². The molecular formula is C14H15N3O4. The molecule has 0 unspecified atom stereocenters. The first-order valence-corrected chi connectivity index (χ1v) is 6.26. The Morgan fingerprint density at radius 2 is 1.95 bits per heavy atom. The second-order valence-corrected chi connectivity index (χ2v) is 4.57. The molecule has 0 radical (unpaired) electrons. The third-order valence-electron chi connectivity index (χ3n) is 3.14. The zero-order valence-corrected chi connectivity index (χ0v) is 11.5. The molecule has 7 heteroatoms. The number of anilines is 1. The fraction of sp³-hybridized carbons (Fsp3) is 0.214. The minimum absolute atomic E-state index is 0.00404. The molecule has 0 amide bonds. The summed E-state index contributed by atoms with van der Waals surface area (Å²) in [6, 6.07) is 9.36. The summed E-state index contributed by atoms with van der Waals surface area (Å²) >= 11 is 0. The molecule has 0 fully saturated rings. The van der Waals surface area contributed by atoms with Crippen molar-refractivity contribution < 1.29 is 14.5 Å². The second kappa shape index (κ2) is 6.08. The number of nitro groups is 1. The van der Waals surface area contributed by atoms with Crippen LogP contribution in [0, 0.1) is 10.1 Å². The van der Waals surface area contributed by atoms with E-state index in [4.69, 9.17) is 10.5 Å². The summed E-state index contributed by atoms with van der Waals surface area (Å²) in [4.78, 5) is 21.8. The molecule has 2 rings (SSSR count). The number of esters is 1. The molecule has 110 valence electrons. The Hall–Kier alpha value is -2.83. The maximum Gasteiger partial charge on any atom is 0.312 e. The largest absolute Gasteiger partial charge is 0.461 e. The Bertz CT molecular complexity index is 661. The summed E-state index contributed by atoms with van der Waals surface area (Å²) in [6.45, 7) is 0.0801. The summed E-state index contributed by atoms with van der Waals surface area (Å²) in [5.74, 6) is 0.197. The quantitative estimate of drug-likeness (QED) is 0.514. The molecule has 0 atom stereocenters. The number of nitrogen functional groups attached to an aromatic ring is 1. The van der Waals surface area contributed by atoms with Crippen LogP contribution in [0.2, 0.25) is 0 Å². The van der Waals surface area contributed by atoms with Crippen LogP contribution in [0.15, 0.2) is 36.4 Å². The third kappa shape index (κ3) is 3.59. The van der Waals surface area contributed by atoms with Gasteiger partial charge in [-0.15, -0.1) is 0 Å². The van der Waals surface area contributed by atoms with Gasteiger partial charge in [-0.25, -0.2) is 0 Å². The van der Waals surface area contributed by atoms with Gasteiger partial charge in [0.05, 0.1) is 11.3 Å². The van der Waals surface area contributed by atoms with Crippen molar-refractivity contribution in [2.24, 2.45) is 7.05 Å². The van der Waals surface area contributed by atoms with Crippen molar-refractivity contribution in [3.63, 3.8) is 0 Å². The SMILES string of the molecule is Cn1c(N)ccc1CC(=O)OCc1ccc([N+](=O)[O-])cc1. The van der Waals surface area contributed by atoms with Gasteiger partial charge in [0.15, 0.2) is 0 Å². The van der Waals surface area contributed by atoms with E-state index in [0.717, 1.165) is 5.69 Å². The molecule has 2 N–H and O–H groups in total. The lowest BCUT2D eigenvalue weighted by Crippen LogP contribution is -2.11. The summed E-state index contributed by atoms with van der Waals surface area (Å²) < 4.78 is 6.85. The van der Waals surface area contributed by atoms with Gasteiger partial charge in [0.25, 0.3) is 5.69 Å². The minimum atomic E-state index is -0.477.